The molecule has 0 unspecified atom stereocenters. The minimum absolute atomic E-state index is 0.0794. The Hall–Kier alpha value is -2.36. The van der Waals surface area contributed by atoms with Crippen molar-refractivity contribution >= 4 is 5.91 Å². The number of nitrogens with zero attached hydrogens (tertiary/aromatic N) is 2. The molecule has 108 valence electrons. The number of rotatable bonds is 5. The van der Waals surface area contributed by atoms with Gasteiger partial charge in [-0.25, -0.2) is 0 Å². The highest BCUT2D eigenvalue weighted by Gasteiger charge is 2.32. The molecule has 1 aromatic carbocycles. The highest BCUT2D eigenvalue weighted by atomic mass is 16.5. The summed E-state index contributed by atoms with van der Waals surface area (Å²) in [4.78, 5) is 18.5. The number of carbonyl (C=O) groups is 1. The molecule has 1 fully saturated rings. The van der Waals surface area contributed by atoms with E-state index in [1.807, 2.05) is 29.2 Å². The minimum Gasteiger partial charge on any atom is -0.497 e. The van der Waals surface area contributed by atoms with Gasteiger partial charge in [0.05, 0.1) is 7.11 Å². The number of hydrogen-bond donors (Lipinski definition) is 0. The van der Waals surface area contributed by atoms with Crippen LogP contribution in [0, 0.1) is 0 Å². The summed E-state index contributed by atoms with van der Waals surface area (Å²) in [5.74, 6) is 0.910. The number of benzene rings is 1. The van der Waals surface area contributed by atoms with Gasteiger partial charge >= 0.3 is 0 Å². The molecule has 0 bridgehead atoms. The molecule has 1 amide bonds. The van der Waals surface area contributed by atoms with E-state index in [9.17, 15) is 4.79 Å². The Morgan fingerprint density at radius 2 is 1.86 bits per heavy atom. The van der Waals surface area contributed by atoms with Gasteiger partial charge < -0.3 is 9.64 Å². The van der Waals surface area contributed by atoms with Crippen LogP contribution in [-0.2, 0) is 6.54 Å². The summed E-state index contributed by atoms with van der Waals surface area (Å²) < 4.78 is 5.16. The standard InChI is InChI=1S/C17H18N2O2/c1-21-16-6-2-13(3-7-16)12-19(15-4-5-15)17(20)14-8-10-18-11-9-14/h2-3,6-11,15H,4-5,12H2,1H3. The second-order valence-corrected chi connectivity index (χ2v) is 5.25. The minimum atomic E-state index is 0.0794. The second kappa shape index (κ2) is 5.95. The maximum Gasteiger partial charge on any atom is 0.254 e. The molecule has 21 heavy (non-hydrogen) atoms. The van der Waals surface area contributed by atoms with Crippen LogP contribution in [0.1, 0.15) is 28.8 Å². The number of methoxy groups -OCH3 is 1. The Labute approximate surface area is 124 Å². The molecule has 1 aliphatic rings. The topological polar surface area (TPSA) is 42.4 Å². The third kappa shape index (κ3) is 3.21. The predicted octanol–water partition coefficient (Wildman–Crippen LogP) is 2.90. The van der Waals surface area contributed by atoms with Gasteiger partial charge in [-0.1, -0.05) is 12.1 Å². The van der Waals surface area contributed by atoms with Gasteiger partial charge in [0.15, 0.2) is 0 Å². The van der Waals surface area contributed by atoms with Gasteiger partial charge in [0.2, 0.25) is 0 Å². The highest BCUT2D eigenvalue weighted by Crippen LogP contribution is 2.30. The Morgan fingerprint density at radius 3 is 2.43 bits per heavy atom. The molecule has 4 heteroatoms. The largest absolute Gasteiger partial charge is 0.497 e. The zero-order valence-electron chi connectivity index (χ0n) is 12.0. The molecule has 2 aromatic rings. The third-order valence-corrected chi connectivity index (χ3v) is 3.69. The average molecular weight is 282 g/mol. The number of amides is 1. The van der Waals surface area contributed by atoms with Crippen LogP contribution in [0.3, 0.4) is 0 Å². The summed E-state index contributed by atoms with van der Waals surface area (Å²) in [6, 6.07) is 11.8. The van der Waals surface area contributed by atoms with Crippen LogP contribution in [0.2, 0.25) is 0 Å². The lowest BCUT2D eigenvalue weighted by Gasteiger charge is -2.22. The summed E-state index contributed by atoms with van der Waals surface area (Å²) >= 11 is 0. The van der Waals surface area contributed by atoms with E-state index in [0.29, 0.717) is 18.2 Å². The van der Waals surface area contributed by atoms with Gasteiger partial charge in [-0.2, -0.15) is 0 Å². The molecule has 1 aromatic heterocycles. The fourth-order valence-electron chi connectivity index (χ4n) is 2.34. The summed E-state index contributed by atoms with van der Waals surface area (Å²) in [6.45, 7) is 0.635. The van der Waals surface area contributed by atoms with Crippen LogP contribution in [0.25, 0.3) is 0 Å². The van der Waals surface area contributed by atoms with Crippen LogP contribution >= 0.6 is 0 Å². The molecular formula is C17H18N2O2. The number of pyridine rings is 1. The Morgan fingerprint density at radius 1 is 1.19 bits per heavy atom. The van der Waals surface area contributed by atoms with E-state index in [2.05, 4.69) is 4.98 Å². The molecule has 0 saturated heterocycles. The number of carbonyl (C=O) groups excluding carboxylic acids is 1. The van der Waals surface area contributed by atoms with Gasteiger partial charge in [0, 0.05) is 30.5 Å². The van der Waals surface area contributed by atoms with Crippen molar-refractivity contribution in [2.45, 2.75) is 25.4 Å². The molecule has 1 saturated carbocycles. The fourth-order valence-corrected chi connectivity index (χ4v) is 2.34. The lowest BCUT2D eigenvalue weighted by atomic mass is 10.1. The monoisotopic (exact) mass is 282 g/mol. The first-order valence-electron chi connectivity index (χ1n) is 7.12. The van der Waals surface area contributed by atoms with Crippen LogP contribution in [0.4, 0.5) is 0 Å². The highest BCUT2D eigenvalue weighted by molar-refractivity contribution is 5.94. The fraction of sp³-hybridized carbons (Fsp3) is 0.294. The van der Waals surface area contributed by atoms with Crippen molar-refractivity contribution in [3.63, 3.8) is 0 Å². The Balaban J connectivity index is 1.77. The zero-order valence-corrected chi connectivity index (χ0v) is 12.0. The van der Waals surface area contributed by atoms with Crippen LogP contribution in [0.5, 0.6) is 5.75 Å². The molecule has 0 aliphatic heterocycles. The summed E-state index contributed by atoms with van der Waals surface area (Å²) in [5.41, 5.74) is 1.82. The molecule has 0 atom stereocenters. The van der Waals surface area contributed by atoms with Crippen molar-refractivity contribution in [2.75, 3.05) is 7.11 Å². The Kier molecular flexibility index (Phi) is 3.86. The first-order chi connectivity index (χ1) is 10.3. The van der Waals surface area contributed by atoms with Crippen molar-refractivity contribution in [3.8, 4) is 5.75 Å². The average Bonchev–Trinajstić information content (AvgIpc) is 3.38. The maximum atomic E-state index is 12.6. The SMILES string of the molecule is COc1ccc(CN(C(=O)c2ccncc2)C2CC2)cc1. The van der Waals surface area contributed by atoms with E-state index in [4.69, 9.17) is 4.74 Å². The van der Waals surface area contributed by atoms with Crippen molar-refractivity contribution in [3.05, 3.63) is 59.9 Å². The van der Waals surface area contributed by atoms with Gasteiger partial charge in [-0.3, -0.25) is 9.78 Å². The van der Waals surface area contributed by atoms with Crippen molar-refractivity contribution < 1.29 is 9.53 Å². The molecule has 3 rings (SSSR count). The maximum absolute atomic E-state index is 12.6. The number of hydrogen-bond acceptors (Lipinski definition) is 3. The van der Waals surface area contributed by atoms with E-state index in [1.165, 1.54) is 0 Å². The number of aromatic nitrogens is 1. The van der Waals surface area contributed by atoms with E-state index >= 15 is 0 Å². The third-order valence-electron chi connectivity index (χ3n) is 3.69. The lowest BCUT2D eigenvalue weighted by Crippen LogP contribution is -2.32. The lowest BCUT2D eigenvalue weighted by molar-refractivity contribution is 0.0730. The summed E-state index contributed by atoms with van der Waals surface area (Å²) in [6.07, 6.45) is 5.50. The second-order valence-electron chi connectivity index (χ2n) is 5.25. The molecule has 1 aliphatic carbocycles. The van der Waals surface area contributed by atoms with Gasteiger partial charge in [-0.15, -0.1) is 0 Å². The first-order valence-corrected chi connectivity index (χ1v) is 7.12. The van der Waals surface area contributed by atoms with Crippen molar-refractivity contribution in [1.82, 2.24) is 9.88 Å². The van der Waals surface area contributed by atoms with Crippen LogP contribution < -0.4 is 4.74 Å². The van der Waals surface area contributed by atoms with Gasteiger partial charge in [0.25, 0.3) is 5.91 Å². The first kappa shape index (κ1) is 13.6. The van der Waals surface area contributed by atoms with Crippen LogP contribution in [0.15, 0.2) is 48.8 Å². The van der Waals surface area contributed by atoms with E-state index < -0.39 is 0 Å². The van der Waals surface area contributed by atoms with Crippen LogP contribution in [-0.4, -0.2) is 28.9 Å². The summed E-state index contributed by atoms with van der Waals surface area (Å²) in [5, 5.41) is 0. The van der Waals surface area contributed by atoms with E-state index in [0.717, 1.165) is 24.2 Å². The smallest absolute Gasteiger partial charge is 0.254 e. The molecule has 4 nitrogen and oxygen atoms in total. The molecule has 1 heterocycles. The van der Waals surface area contributed by atoms with Crippen molar-refractivity contribution in [2.24, 2.45) is 0 Å². The normalized spacial score (nSPS) is 13.8. The molecule has 0 N–H and O–H groups in total. The van der Waals surface area contributed by atoms with E-state index in [1.54, 1.807) is 31.6 Å². The van der Waals surface area contributed by atoms with Gasteiger partial charge in [-0.05, 0) is 42.7 Å². The van der Waals surface area contributed by atoms with E-state index in [-0.39, 0.29) is 5.91 Å². The Bertz CT molecular complexity index is 606. The van der Waals surface area contributed by atoms with Crippen molar-refractivity contribution in [1.29, 1.82) is 0 Å². The molecular weight excluding hydrogens is 264 g/mol. The molecule has 0 spiro atoms. The summed E-state index contributed by atoms with van der Waals surface area (Å²) in [7, 11) is 1.65. The molecule has 0 radical (unpaired) electrons. The zero-order chi connectivity index (χ0) is 14.7. The van der Waals surface area contributed by atoms with Gasteiger partial charge in [0.1, 0.15) is 5.75 Å². The predicted molar refractivity (Wildman–Crippen MR) is 80.1 cm³/mol. The number of ether oxygens (including phenoxy) is 1. The quantitative estimate of drug-likeness (QED) is 0.847.